The van der Waals surface area contributed by atoms with Gasteiger partial charge in [0.05, 0.1) is 10.6 Å². The summed E-state index contributed by atoms with van der Waals surface area (Å²) in [5, 5.41) is 0.341. The highest BCUT2D eigenvalue weighted by Crippen LogP contribution is 2.41. The van der Waals surface area contributed by atoms with E-state index in [0.717, 1.165) is 12.8 Å². The summed E-state index contributed by atoms with van der Waals surface area (Å²) >= 11 is 6.10. The van der Waals surface area contributed by atoms with Gasteiger partial charge >= 0.3 is 0 Å². The van der Waals surface area contributed by atoms with E-state index >= 15 is 0 Å². The number of hydrogen-bond acceptors (Lipinski definition) is 4. The quantitative estimate of drug-likeness (QED) is 0.698. The Morgan fingerprint density at radius 2 is 1.86 bits per heavy atom. The van der Waals surface area contributed by atoms with Gasteiger partial charge in [-0.1, -0.05) is 24.6 Å². The van der Waals surface area contributed by atoms with E-state index in [-0.39, 0.29) is 15.5 Å². The van der Waals surface area contributed by atoms with E-state index in [1.54, 1.807) is 11.0 Å². The van der Waals surface area contributed by atoms with Crippen LogP contribution in [-0.4, -0.2) is 32.3 Å². The number of carbonyl (C=O) groups excluding carboxylic acids is 1. The Kier molecular flexibility index (Phi) is 5.12. The van der Waals surface area contributed by atoms with Gasteiger partial charge in [-0.15, -0.1) is 0 Å². The minimum atomic E-state index is -4.04. The van der Waals surface area contributed by atoms with E-state index in [9.17, 15) is 17.6 Å². The zero-order valence-electron chi connectivity index (χ0n) is 15.8. The van der Waals surface area contributed by atoms with Crippen LogP contribution >= 0.6 is 11.6 Å². The van der Waals surface area contributed by atoms with Gasteiger partial charge in [0.25, 0.3) is 5.91 Å². The topological polar surface area (TPSA) is 57.7 Å². The third kappa shape index (κ3) is 3.65. The van der Waals surface area contributed by atoms with Crippen LogP contribution in [0, 0.1) is 11.7 Å². The van der Waals surface area contributed by atoms with Crippen LogP contribution in [0.15, 0.2) is 58.5 Å². The lowest BCUT2D eigenvalue weighted by Gasteiger charge is -2.33. The van der Waals surface area contributed by atoms with Crippen LogP contribution in [0.2, 0.25) is 5.02 Å². The molecule has 0 atom stereocenters. The number of piperidine rings is 1. The predicted molar refractivity (Wildman–Crippen MR) is 110 cm³/mol. The lowest BCUT2D eigenvalue weighted by atomic mass is 9.99. The molecule has 1 fully saturated rings. The van der Waals surface area contributed by atoms with Crippen LogP contribution in [0.4, 0.5) is 15.8 Å². The molecule has 0 aromatic heterocycles. The molecule has 4 rings (SSSR count). The fourth-order valence-electron chi connectivity index (χ4n) is 3.66. The van der Waals surface area contributed by atoms with Crippen molar-refractivity contribution in [3.05, 3.63) is 64.4 Å². The predicted octanol–water partition coefficient (Wildman–Crippen LogP) is 4.50. The van der Waals surface area contributed by atoms with Crippen LogP contribution in [0.3, 0.4) is 0 Å². The molecule has 2 aliphatic heterocycles. The van der Waals surface area contributed by atoms with Crippen LogP contribution < -0.4 is 4.90 Å². The third-order valence-corrected chi connectivity index (χ3v) is 7.39. The van der Waals surface area contributed by atoms with Gasteiger partial charge in [-0.3, -0.25) is 4.79 Å². The second-order valence-corrected chi connectivity index (χ2v) is 9.76. The maximum atomic E-state index is 13.8. The largest absolute Gasteiger partial charge is 0.338 e. The standard InChI is InChI=1S/C21H20ClFN2O3S/c1-14-7-9-24(10-8-14)21(26)20-13-25(17-4-2-3-16(23)12-17)18-11-15(22)5-6-19(18)29(20,27)28/h2-6,11-14H,7-10H2,1H3. The minimum absolute atomic E-state index is 0.0256. The fourth-order valence-corrected chi connectivity index (χ4v) is 5.34. The molecule has 2 aliphatic rings. The number of anilines is 2. The van der Waals surface area contributed by atoms with Crippen LogP contribution in [-0.2, 0) is 14.6 Å². The summed E-state index contributed by atoms with van der Waals surface area (Å²) in [6, 6.07) is 10.1. The van der Waals surface area contributed by atoms with Crippen molar-refractivity contribution in [1.82, 2.24) is 4.90 Å². The normalized spacial score (nSPS) is 18.9. The number of sulfone groups is 1. The first-order chi connectivity index (χ1) is 13.8. The molecule has 2 heterocycles. The number of halogens is 2. The number of benzene rings is 2. The summed E-state index contributed by atoms with van der Waals surface area (Å²) in [6.07, 6.45) is 2.95. The summed E-state index contributed by atoms with van der Waals surface area (Å²) < 4.78 is 40.3. The number of fused-ring (bicyclic) bond motifs is 1. The molecule has 0 spiro atoms. The number of rotatable bonds is 2. The molecule has 152 valence electrons. The van der Waals surface area contributed by atoms with Crippen molar-refractivity contribution in [3.63, 3.8) is 0 Å². The highest BCUT2D eigenvalue weighted by atomic mass is 35.5. The smallest absolute Gasteiger partial charge is 0.267 e. The first kappa shape index (κ1) is 19.9. The summed E-state index contributed by atoms with van der Waals surface area (Å²) in [4.78, 5) is 15.9. The molecule has 2 aromatic rings. The highest BCUT2D eigenvalue weighted by Gasteiger charge is 2.38. The van der Waals surface area contributed by atoms with E-state index in [1.165, 1.54) is 47.5 Å². The Morgan fingerprint density at radius 3 is 2.55 bits per heavy atom. The van der Waals surface area contributed by atoms with Crippen LogP contribution in [0.1, 0.15) is 19.8 Å². The molecule has 1 saturated heterocycles. The number of likely N-dealkylation sites (tertiary alicyclic amines) is 1. The van der Waals surface area contributed by atoms with Gasteiger partial charge in [0.2, 0.25) is 9.84 Å². The molecule has 0 N–H and O–H groups in total. The highest BCUT2D eigenvalue weighted by molar-refractivity contribution is 7.96. The number of hydrogen-bond donors (Lipinski definition) is 0. The van der Waals surface area contributed by atoms with Crippen molar-refractivity contribution in [3.8, 4) is 0 Å². The minimum Gasteiger partial charge on any atom is -0.338 e. The fraction of sp³-hybridized carbons (Fsp3) is 0.286. The molecular formula is C21H20ClFN2O3S. The first-order valence-electron chi connectivity index (χ1n) is 9.38. The van der Waals surface area contributed by atoms with E-state index in [1.807, 2.05) is 0 Å². The molecule has 0 unspecified atom stereocenters. The van der Waals surface area contributed by atoms with E-state index in [4.69, 9.17) is 11.6 Å². The molecule has 0 radical (unpaired) electrons. The average Bonchev–Trinajstić information content (AvgIpc) is 2.68. The number of carbonyl (C=O) groups is 1. The van der Waals surface area contributed by atoms with E-state index < -0.39 is 21.6 Å². The molecule has 2 aromatic carbocycles. The lowest BCUT2D eigenvalue weighted by Crippen LogP contribution is -2.41. The van der Waals surface area contributed by atoms with Gasteiger partial charge in [0.1, 0.15) is 5.82 Å². The zero-order valence-corrected chi connectivity index (χ0v) is 17.4. The number of amides is 1. The Balaban J connectivity index is 1.84. The Morgan fingerprint density at radius 1 is 1.14 bits per heavy atom. The van der Waals surface area contributed by atoms with Crippen molar-refractivity contribution >= 4 is 38.7 Å². The molecule has 1 amide bonds. The average molecular weight is 435 g/mol. The van der Waals surface area contributed by atoms with Crippen molar-refractivity contribution in [2.75, 3.05) is 18.0 Å². The van der Waals surface area contributed by atoms with Gasteiger partial charge in [-0.2, -0.15) is 0 Å². The van der Waals surface area contributed by atoms with Crippen LogP contribution in [0.25, 0.3) is 0 Å². The third-order valence-electron chi connectivity index (χ3n) is 5.37. The van der Waals surface area contributed by atoms with Crippen molar-refractivity contribution in [1.29, 1.82) is 0 Å². The number of nitrogens with zero attached hydrogens (tertiary/aromatic N) is 2. The molecule has 0 aliphatic carbocycles. The maximum Gasteiger partial charge on any atom is 0.267 e. The summed E-state index contributed by atoms with van der Waals surface area (Å²) in [5.41, 5.74) is 0.688. The zero-order chi connectivity index (χ0) is 20.8. The van der Waals surface area contributed by atoms with Gasteiger partial charge in [-0.05, 0) is 55.2 Å². The SMILES string of the molecule is CC1CCN(C(=O)C2=CN(c3cccc(F)c3)c3cc(Cl)ccc3S2(=O)=O)CC1. The Labute approximate surface area is 174 Å². The Hall–Kier alpha value is -2.38. The Bertz CT molecular complexity index is 1110. The van der Waals surface area contributed by atoms with Crippen molar-refractivity contribution in [2.24, 2.45) is 5.92 Å². The second-order valence-electron chi connectivity index (χ2n) is 7.43. The van der Waals surface area contributed by atoms with Gasteiger partial charge < -0.3 is 9.80 Å². The van der Waals surface area contributed by atoms with Gasteiger partial charge in [0, 0.05) is 30.0 Å². The summed E-state index contributed by atoms with van der Waals surface area (Å²) in [6.45, 7) is 3.14. The van der Waals surface area contributed by atoms with E-state index in [0.29, 0.717) is 29.7 Å². The lowest BCUT2D eigenvalue weighted by molar-refractivity contribution is -0.127. The maximum absolute atomic E-state index is 13.8. The van der Waals surface area contributed by atoms with Gasteiger partial charge in [0.15, 0.2) is 4.91 Å². The van der Waals surface area contributed by atoms with E-state index in [2.05, 4.69) is 6.92 Å². The molecule has 0 saturated carbocycles. The first-order valence-corrected chi connectivity index (χ1v) is 11.2. The molecule has 5 nitrogen and oxygen atoms in total. The molecular weight excluding hydrogens is 415 g/mol. The molecule has 8 heteroatoms. The molecule has 0 bridgehead atoms. The van der Waals surface area contributed by atoms with Crippen molar-refractivity contribution in [2.45, 2.75) is 24.7 Å². The van der Waals surface area contributed by atoms with Crippen molar-refractivity contribution < 1.29 is 17.6 Å². The van der Waals surface area contributed by atoms with Gasteiger partial charge in [-0.25, -0.2) is 12.8 Å². The second kappa shape index (κ2) is 7.46. The summed E-state index contributed by atoms with van der Waals surface area (Å²) in [7, 11) is -4.04. The van der Waals surface area contributed by atoms with Crippen LogP contribution in [0.5, 0.6) is 0 Å². The molecule has 29 heavy (non-hydrogen) atoms. The summed E-state index contributed by atoms with van der Waals surface area (Å²) in [5.74, 6) is -0.493. The monoisotopic (exact) mass is 434 g/mol.